The van der Waals surface area contributed by atoms with Gasteiger partial charge in [-0.15, -0.1) is 22.7 Å². The average Bonchev–Trinajstić information content (AvgIpc) is 3.72. The Labute approximate surface area is 263 Å². The fourth-order valence-electron chi connectivity index (χ4n) is 2.98. The van der Waals surface area contributed by atoms with Crippen LogP contribution in [0, 0.1) is 0 Å². The van der Waals surface area contributed by atoms with E-state index in [1.807, 2.05) is 78.2 Å². The molecule has 9 nitrogen and oxygen atoms in total. The molecule has 0 aliphatic carbocycles. The Kier molecular flexibility index (Phi) is 23.7. The molecule has 4 aromatic rings. The highest BCUT2D eigenvalue weighted by Crippen LogP contribution is 2.07. The van der Waals surface area contributed by atoms with Gasteiger partial charge >= 0.3 is 0 Å². The van der Waals surface area contributed by atoms with E-state index in [9.17, 15) is 14.4 Å². The maximum absolute atomic E-state index is 11.6. The molecule has 11 heteroatoms. The zero-order chi connectivity index (χ0) is 29.4. The van der Waals surface area contributed by atoms with E-state index < -0.39 is 0 Å². The first kappa shape index (κ1) is 39.3. The number of rotatable bonds is 14. The highest BCUT2D eigenvalue weighted by Gasteiger charge is 2.02. The molecule has 0 aliphatic rings. The third-order valence-corrected chi connectivity index (χ3v) is 6.48. The number of nitrogens with one attached hydrogen (secondary N) is 3. The number of carbonyl (C=O) groups excluding carboxylic acids is 3. The molecule has 2 amide bonds. The number of carbonyl (C=O) groups is 3. The molecule has 234 valence electrons. The molecule has 4 rings (SSSR count). The van der Waals surface area contributed by atoms with Gasteiger partial charge in [0, 0.05) is 35.9 Å². The average molecular weight is 629 g/mol. The fraction of sp³-hybridized carbons (Fsp3) is 0.281. The number of nitrogens with two attached hydrogens (primary N) is 1. The van der Waals surface area contributed by atoms with Crippen LogP contribution in [0.15, 0.2) is 95.7 Å². The monoisotopic (exact) mass is 628 g/mol. The summed E-state index contributed by atoms with van der Waals surface area (Å²) in [6.07, 6.45) is 0.852. The van der Waals surface area contributed by atoms with Crippen molar-refractivity contribution in [2.45, 2.75) is 21.4 Å². The summed E-state index contributed by atoms with van der Waals surface area (Å²) in [6, 6.07) is 26.4. The van der Waals surface area contributed by atoms with Crippen LogP contribution in [0.4, 0.5) is 11.4 Å². The second-order valence-corrected chi connectivity index (χ2v) is 10.1. The topological polar surface area (TPSA) is 132 Å². The summed E-state index contributed by atoms with van der Waals surface area (Å²) in [6.45, 7) is 3.06. The van der Waals surface area contributed by atoms with Gasteiger partial charge in [-0.05, 0) is 47.2 Å². The summed E-state index contributed by atoms with van der Waals surface area (Å²) in [7, 11) is 0. The maximum Gasteiger partial charge on any atom is 0.250 e. The largest absolute Gasteiger partial charge is 0.370 e. The first-order valence-electron chi connectivity index (χ1n) is 12.9. The van der Waals surface area contributed by atoms with Crippen LogP contribution >= 0.6 is 22.7 Å². The van der Waals surface area contributed by atoms with Crippen LogP contribution < -0.4 is 21.7 Å². The Bertz CT molecular complexity index is 1210. The normalized spacial score (nSPS) is 9.42. The molecule has 0 bridgehead atoms. The Morgan fingerprint density at radius 1 is 0.721 bits per heavy atom. The van der Waals surface area contributed by atoms with Crippen LogP contribution in [-0.2, 0) is 25.6 Å². The molecule has 0 radical (unpaired) electrons. The number of anilines is 2. The number of aldehydes is 1. The highest BCUT2D eigenvalue weighted by molar-refractivity contribution is 7.11. The van der Waals surface area contributed by atoms with Crippen LogP contribution in [0.3, 0.4) is 0 Å². The Balaban J connectivity index is 0.000000668. The Hall–Kier alpha value is -3.71. The van der Waals surface area contributed by atoms with E-state index in [1.54, 1.807) is 17.4 Å². The van der Waals surface area contributed by atoms with Crippen molar-refractivity contribution in [2.75, 3.05) is 50.2 Å². The quantitative estimate of drug-likeness (QED) is 0.101. The van der Waals surface area contributed by atoms with E-state index in [0.717, 1.165) is 35.6 Å². The van der Waals surface area contributed by atoms with Crippen molar-refractivity contribution in [1.29, 1.82) is 0 Å². The van der Waals surface area contributed by atoms with Crippen LogP contribution in [0.5, 0.6) is 0 Å². The molecule has 0 aliphatic heterocycles. The number of hydrogen-bond donors (Lipinski definition) is 4. The molecule has 0 atom stereocenters. The predicted molar refractivity (Wildman–Crippen MR) is 180 cm³/mol. The molecule has 0 saturated heterocycles. The van der Waals surface area contributed by atoms with Gasteiger partial charge in [0.05, 0.1) is 18.1 Å². The summed E-state index contributed by atoms with van der Waals surface area (Å²) < 4.78 is 10.3. The van der Waals surface area contributed by atoms with E-state index in [2.05, 4.69) is 27.4 Å². The van der Waals surface area contributed by atoms with Gasteiger partial charge < -0.3 is 31.2 Å². The first-order chi connectivity index (χ1) is 20.1. The van der Waals surface area contributed by atoms with Gasteiger partial charge in [0.25, 0.3) is 0 Å². The van der Waals surface area contributed by atoms with Crippen molar-refractivity contribution >= 4 is 52.1 Å². The smallest absolute Gasteiger partial charge is 0.250 e. The highest BCUT2D eigenvalue weighted by atomic mass is 32.1. The third kappa shape index (κ3) is 19.9. The third-order valence-electron chi connectivity index (χ3n) is 4.81. The van der Waals surface area contributed by atoms with Crippen molar-refractivity contribution in [2.24, 2.45) is 5.73 Å². The van der Waals surface area contributed by atoms with Crippen LogP contribution in [0.2, 0.25) is 0 Å². The van der Waals surface area contributed by atoms with Crippen molar-refractivity contribution in [3.05, 3.63) is 105 Å². The van der Waals surface area contributed by atoms with E-state index in [0.29, 0.717) is 19.8 Å². The summed E-state index contributed by atoms with van der Waals surface area (Å²) in [4.78, 5) is 34.8. The molecule has 0 saturated carbocycles. The second-order valence-electron chi connectivity index (χ2n) is 8.11. The summed E-state index contributed by atoms with van der Waals surface area (Å²) in [5.41, 5.74) is 6.77. The minimum Gasteiger partial charge on any atom is -0.370 e. The fourth-order valence-corrected chi connectivity index (χ4v) is 4.18. The molecule has 2 aromatic heterocycles. The molecular weight excluding hydrogens is 585 g/mol. The molecule has 43 heavy (non-hydrogen) atoms. The lowest BCUT2D eigenvalue weighted by atomic mass is 10.3. The van der Waals surface area contributed by atoms with Crippen LogP contribution in [0.25, 0.3) is 0 Å². The molecule has 0 spiro atoms. The summed E-state index contributed by atoms with van der Waals surface area (Å²) >= 11 is 3.18. The van der Waals surface area contributed by atoms with Gasteiger partial charge in [-0.1, -0.05) is 63.4 Å². The molecule has 0 unspecified atom stereocenters. The van der Waals surface area contributed by atoms with E-state index in [4.69, 9.17) is 15.2 Å². The maximum atomic E-state index is 11.6. The standard InChI is InChI=1S/C15H18N2O2S.C10H14N2O2.C5H4OS.2CH4/c18-15(17-13-5-2-1-3-6-13)12-19-9-8-16-11-14-7-4-10-20-14;11-6-7-14-8-10(13)12-9-4-2-1-3-5-9;6-4-5-2-1-3-7-5;;/h1-7,10,16H,8-9,11-12H2,(H,17,18);1-5H,6-8,11H2,(H,12,13);1-4H;2*1H4. The van der Waals surface area contributed by atoms with Gasteiger partial charge in [-0.3, -0.25) is 14.4 Å². The zero-order valence-corrected chi connectivity index (χ0v) is 24.3. The number of para-hydroxylation sites is 2. The van der Waals surface area contributed by atoms with Gasteiger partial charge in [0.15, 0.2) is 6.29 Å². The minimum absolute atomic E-state index is 0. The second kappa shape index (κ2) is 26.0. The van der Waals surface area contributed by atoms with Gasteiger partial charge in [-0.25, -0.2) is 0 Å². The lowest BCUT2D eigenvalue weighted by molar-refractivity contribution is -0.121. The minimum atomic E-state index is -0.162. The van der Waals surface area contributed by atoms with E-state index in [1.165, 1.54) is 16.2 Å². The number of amides is 2. The number of thiophene rings is 2. The summed E-state index contributed by atoms with van der Waals surface area (Å²) in [5.74, 6) is -0.292. The summed E-state index contributed by atoms with van der Waals surface area (Å²) in [5, 5.41) is 12.7. The zero-order valence-electron chi connectivity index (χ0n) is 22.7. The van der Waals surface area contributed by atoms with Gasteiger partial charge in [-0.2, -0.15) is 0 Å². The lowest BCUT2D eigenvalue weighted by Gasteiger charge is -2.06. The number of ether oxygens (including phenoxy) is 2. The van der Waals surface area contributed by atoms with E-state index in [-0.39, 0.29) is 39.9 Å². The molecule has 0 fully saturated rings. The molecule has 2 heterocycles. The SMILES string of the molecule is C.C.NCCOCC(=O)Nc1ccccc1.O=C(COCCNCc1cccs1)Nc1ccccc1.O=Cc1cccs1. The lowest BCUT2D eigenvalue weighted by Crippen LogP contribution is -2.23. The van der Waals surface area contributed by atoms with Crippen LogP contribution in [-0.4, -0.2) is 57.6 Å². The van der Waals surface area contributed by atoms with Crippen molar-refractivity contribution in [1.82, 2.24) is 5.32 Å². The van der Waals surface area contributed by atoms with Crippen molar-refractivity contribution < 1.29 is 23.9 Å². The van der Waals surface area contributed by atoms with Gasteiger partial charge in [0.1, 0.15) is 13.2 Å². The van der Waals surface area contributed by atoms with Gasteiger partial charge in [0.2, 0.25) is 11.8 Å². The Morgan fingerprint density at radius 3 is 1.70 bits per heavy atom. The molecular formula is C32H44N4O5S2. The van der Waals surface area contributed by atoms with Crippen molar-refractivity contribution in [3.8, 4) is 0 Å². The number of hydrogen-bond acceptors (Lipinski definition) is 9. The van der Waals surface area contributed by atoms with Crippen molar-refractivity contribution in [3.63, 3.8) is 0 Å². The number of benzene rings is 2. The Morgan fingerprint density at radius 2 is 1.26 bits per heavy atom. The predicted octanol–water partition coefficient (Wildman–Crippen LogP) is 5.93. The molecule has 2 aromatic carbocycles. The molecule has 5 N–H and O–H groups in total. The van der Waals surface area contributed by atoms with E-state index >= 15 is 0 Å². The first-order valence-corrected chi connectivity index (χ1v) is 14.6. The van der Waals surface area contributed by atoms with Crippen LogP contribution in [0.1, 0.15) is 29.4 Å².